The van der Waals surface area contributed by atoms with Crippen LogP contribution in [-0.2, 0) is 15.1 Å². The van der Waals surface area contributed by atoms with Gasteiger partial charge in [0.2, 0.25) is 0 Å². The Morgan fingerprint density at radius 3 is 2.09 bits per heavy atom. The fourth-order valence-corrected chi connectivity index (χ4v) is 4.44. The summed E-state index contributed by atoms with van der Waals surface area (Å²) in [5, 5.41) is 11.2. The molecule has 0 heterocycles. The second-order valence-corrected chi connectivity index (χ2v) is 9.31. The quantitative estimate of drug-likeness (QED) is 0.260. The van der Waals surface area contributed by atoms with E-state index in [0.29, 0.717) is 32.3 Å². The SMILES string of the molecule is CCCCCCCOC(=O)OC1CCC(O)(c2ccc(-c3ccc(OCCC)cc3)cc2)CC1. The van der Waals surface area contributed by atoms with Gasteiger partial charge in [-0.3, -0.25) is 0 Å². The van der Waals surface area contributed by atoms with E-state index in [1.807, 2.05) is 24.3 Å². The molecule has 0 aliphatic heterocycles. The van der Waals surface area contributed by atoms with Crippen LogP contribution in [0.4, 0.5) is 4.79 Å². The van der Waals surface area contributed by atoms with Gasteiger partial charge < -0.3 is 19.3 Å². The Morgan fingerprint density at radius 1 is 0.853 bits per heavy atom. The molecule has 0 saturated heterocycles. The van der Waals surface area contributed by atoms with E-state index < -0.39 is 11.8 Å². The predicted octanol–water partition coefficient (Wildman–Crippen LogP) is 7.40. The zero-order valence-electron chi connectivity index (χ0n) is 20.8. The lowest BCUT2D eigenvalue weighted by Gasteiger charge is -2.36. The van der Waals surface area contributed by atoms with Gasteiger partial charge in [0, 0.05) is 0 Å². The molecule has 2 aromatic rings. The highest BCUT2D eigenvalue weighted by atomic mass is 16.7. The maximum atomic E-state index is 12.0. The Kier molecular flexibility index (Phi) is 10.3. The number of ether oxygens (including phenoxy) is 3. The molecule has 186 valence electrons. The normalized spacial score (nSPS) is 20.0. The molecule has 0 aromatic heterocycles. The van der Waals surface area contributed by atoms with Gasteiger partial charge in [-0.1, -0.05) is 75.9 Å². The van der Waals surface area contributed by atoms with E-state index in [0.717, 1.165) is 48.3 Å². The van der Waals surface area contributed by atoms with Gasteiger partial charge in [0.05, 0.1) is 18.8 Å². The summed E-state index contributed by atoms with van der Waals surface area (Å²) in [7, 11) is 0. The van der Waals surface area contributed by atoms with E-state index in [4.69, 9.17) is 14.2 Å². The molecule has 34 heavy (non-hydrogen) atoms. The molecule has 1 fully saturated rings. The summed E-state index contributed by atoms with van der Waals surface area (Å²) in [6.07, 6.45) is 8.15. The average Bonchev–Trinajstić information content (AvgIpc) is 2.87. The van der Waals surface area contributed by atoms with Crippen molar-refractivity contribution in [3.63, 3.8) is 0 Å². The lowest BCUT2D eigenvalue weighted by Crippen LogP contribution is -2.35. The number of aliphatic hydroxyl groups is 1. The van der Waals surface area contributed by atoms with Crippen LogP contribution in [-0.4, -0.2) is 30.6 Å². The maximum Gasteiger partial charge on any atom is 0.508 e. The maximum absolute atomic E-state index is 12.0. The first-order valence-electron chi connectivity index (χ1n) is 12.9. The van der Waals surface area contributed by atoms with Crippen LogP contribution in [0.15, 0.2) is 48.5 Å². The molecule has 1 aliphatic rings. The van der Waals surface area contributed by atoms with Crippen molar-refractivity contribution in [3.05, 3.63) is 54.1 Å². The minimum absolute atomic E-state index is 0.194. The van der Waals surface area contributed by atoms with Crippen LogP contribution in [0.1, 0.15) is 83.6 Å². The van der Waals surface area contributed by atoms with E-state index in [-0.39, 0.29) is 6.10 Å². The molecule has 0 radical (unpaired) electrons. The van der Waals surface area contributed by atoms with Crippen LogP contribution in [0.25, 0.3) is 11.1 Å². The number of hydrogen-bond donors (Lipinski definition) is 1. The van der Waals surface area contributed by atoms with Gasteiger partial charge >= 0.3 is 6.16 Å². The van der Waals surface area contributed by atoms with Crippen LogP contribution in [0.3, 0.4) is 0 Å². The zero-order chi connectivity index (χ0) is 24.2. The summed E-state index contributed by atoms with van der Waals surface area (Å²) in [6.45, 7) is 5.41. The van der Waals surface area contributed by atoms with Crippen molar-refractivity contribution in [1.82, 2.24) is 0 Å². The second-order valence-electron chi connectivity index (χ2n) is 9.31. The van der Waals surface area contributed by atoms with E-state index in [1.165, 1.54) is 19.3 Å². The van der Waals surface area contributed by atoms with Crippen LogP contribution in [0.2, 0.25) is 0 Å². The van der Waals surface area contributed by atoms with E-state index >= 15 is 0 Å². The number of carbonyl (C=O) groups excluding carboxylic acids is 1. The number of rotatable bonds is 12. The highest BCUT2D eigenvalue weighted by molar-refractivity contribution is 5.64. The molecule has 3 rings (SSSR count). The Labute approximate surface area is 204 Å². The highest BCUT2D eigenvalue weighted by Gasteiger charge is 2.36. The van der Waals surface area contributed by atoms with Crippen LogP contribution in [0.5, 0.6) is 5.75 Å². The smallest absolute Gasteiger partial charge is 0.494 e. The lowest BCUT2D eigenvalue weighted by molar-refractivity contribution is -0.0538. The minimum Gasteiger partial charge on any atom is -0.494 e. The zero-order valence-corrected chi connectivity index (χ0v) is 20.8. The number of hydrogen-bond acceptors (Lipinski definition) is 5. The van der Waals surface area contributed by atoms with Crippen molar-refractivity contribution in [1.29, 1.82) is 0 Å². The molecule has 5 nitrogen and oxygen atoms in total. The van der Waals surface area contributed by atoms with Crippen LogP contribution < -0.4 is 4.74 Å². The Bertz CT molecular complexity index is 851. The number of carbonyl (C=O) groups is 1. The predicted molar refractivity (Wildman–Crippen MR) is 135 cm³/mol. The van der Waals surface area contributed by atoms with E-state index in [1.54, 1.807) is 0 Å². The topological polar surface area (TPSA) is 65.0 Å². The molecule has 0 bridgehead atoms. The first-order chi connectivity index (χ1) is 16.5. The first-order valence-corrected chi connectivity index (χ1v) is 12.9. The van der Waals surface area contributed by atoms with Gasteiger partial charge in [-0.25, -0.2) is 4.79 Å². The summed E-state index contributed by atoms with van der Waals surface area (Å²) in [4.78, 5) is 12.0. The third kappa shape index (κ3) is 7.76. The van der Waals surface area contributed by atoms with Crippen molar-refractivity contribution < 1.29 is 24.1 Å². The second kappa shape index (κ2) is 13.4. The molecule has 2 aromatic carbocycles. The van der Waals surface area contributed by atoms with Gasteiger partial charge in [0.1, 0.15) is 11.9 Å². The van der Waals surface area contributed by atoms with Crippen molar-refractivity contribution in [2.24, 2.45) is 0 Å². The molecule has 1 aliphatic carbocycles. The Morgan fingerprint density at radius 2 is 1.47 bits per heavy atom. The molecule has 0 amide bonds. The Balaban J connectivity index is 1.45. The number of benzene rings is 2. The van der Waals surface area contributed by atoms with E-state index in [9.17, 15) is 9.90 Å². The van der Waals surface area contributed by atoms with Crippen LogP contribution >= 0.6 is 0 Å². The van der Waals surface area contributed by atoms with Gasteiger partial charge in [-0.2, -0.15) is 0 Å². The Hall–Kier alpha value is -2.53. The standard InChI is InChI=1S/C29H40O5/c1-3-5-6-7-8-22-33-28(30)34-27-17-19-29(31,20-18-27)25-13-9-23(10-14-25)24-11-15-26(16-12-24)32-21-4-2/h9-16,27,31H,3-8,17-22H2,1-2H3. The molecule has 0 atom stereocenters. The largest absolute Gasteiger partial charge is 0.508 e. The third-order valence-electron chi connectivity index (χ3n) is 6.57. The fraction of sp³-hybridized carbons (Fsp3) is 0.552. The van der Waals surface area contributed by atoms with Gasteiger partial charge in [0.25, 0.3) is 0 Å². The van der Waals surface area contributed by atoms with Gasteiger partial charge in [0.15, 0.2) is 0 Å². The number of unbranched alkanes of at least 4 members (excludes halogenated alkanes) is 4. The van der Waals surface area contributed by atoms with Crippen molar-refractivity contribution >= 4 is 6.16 Å². The summed E-state index contributed by atoms with van der Waals surface area (Å²) >= 11 is 0. The molecular weight excluding hydrogens is 428 g/mol. The summed E-state index contributed by atoms with van der Waals surface area (Å²) < 4.78 is 16.3. The van der Waals surface area contributed by atoms with Gasteiger partial charge in [-0.15, -0.1) is 0 Å². The molecule has 0 spiro atoms. The van der Waals surface area contributed by atoms with Crippen molar-refractivity contribution in [3.8, 4) is 16.9 Å². The highest BCUT2D eigenvalue weighted by Crippen LogP contribution is 2.39. The molecule has 5 heteroatoms. The van der Waals surface area contributed by atoms with Gasteiger partial charge in [-0.05, 0) is 67.3 Å². The molecule has 0 unspecified atom stereocenters. The summed E-state index contributed by atoms with van der Waals surface area (Å²) in [6, 6.07) is 16.2. The summed E-state index contributed by atoms with van der Waals surface area (Å²) in [5.74, 6) is 0.881. The lowest BCUT2D eigenvalue weighted by atomic mass is 9.78. The van der Waals surface area contributed by atoms with Crippen molar-refractivity contribution in [2.45, 2.75) is 89.8 Å². The third-order valence-corrected chi connectivity index (χ3v) is 6.57. The monoisotopic (exact) mass is 468 g/mol. The molecular formula is C29H40O5. The van der Waals surface area contributed by atoms with Crippen LogP contribution in [0, 0.1) is 0 Å². The first kappa shape index (κ1) is 26.1. The summed E-state index contributed by atoms with van der Waals surface area (Å²) in [5.41, 5.74) is 2.24. The van der Waals surface area contributed by atoms with Crippen molar-refractivity contribution in [2.75, 3.05) is 13.2 Å². The molecule has 1 N–H and O–H groups in total. The molecule has 1 saturated carbocycles. The van der Waals surface area contributed by atoms with E-state index in [2.05, 4.69) is 38.1 Å². The minimum atomic E-state index is -0.889. The average molecular weight is 469 g/mol. The fourth-order valence-electron chi connectivity index (χ4n) is 4.44.